The normalized spacial score (nSPS) is 11.6. The van der Waals surface area contributed by atoms with E-state index in [1.165, 1.54) is 6.92 Å². The van der Waals surface area contributed by atoms with Crippen LogP contribution in [-0.4, -0.2) is 18.0 Å². The zero-order chi connectivity index (χ0) is 16.8. The van der Waals surface area contributed by atoms with Crippen LogP contribution in [-0.2, 0) is 20.7 Å². The SMILES string of the molecule is C[C@@H](OC(=O)Cc1ccccc1Cl)C(=O)Nc1cccc(Cl)c1. The molecule has 2 aromatic rings. The number of carbonyl (C=O) groups is 2. The maximum Gasteiger partial charge on any atom is 0.311 e. The second-order valence-corrected chi connectivity index (χ2v) is 5.74. The van der Waals surface area contributed by atoms with Gasteiger partial charge in [0.05, 0.1) is 6.42 Å². The van der Waals surface area contributed by atoms with Gasteiger partial charge in [0.15, 0.2) is 6.10 Å². The third kappa shape index (κ3) is 5.27. The smallest absolute Gasteiger partial charge is 0.311 e. The molecule has 0 aliphatic carbocycles. The van der Waals surface area contributed by atoms with Crippen LogP contribution in [0.15, 0.2) is 48.5 Å². The second kappa shape index (κ2) is 7.99. The predicted octanol–water partition coefficient (Wildman–Crippen LogP) is 4.11. The van der Waals surface area contributed by atoms with Gasteiger partial charge in [-0.05, 0) is 36.8 Å². The third-order valence-electron chi connectivity index (χ3n) is 3.06. The van der Waals surface area contributed by atoms with Gasteiger partial charge in [-0.25, -0.2) is 0 Å². The molecule has 0 fully saturated rings. The summed E-state index contributed by atoms with van der Waals surface area (Å²) in [7, 11) is 0. The van der Waals surface area contributed by atoms with Gasteiger partial charge in [0.1, 0.15) is 0 Å². The zero-order valence-electron chi connectivity index (χ0n) is 12.4. The molecule has 0 aromatic heterocycles. The van der Waals surface area contributed by atoms with Crippen molar-refractivity contribution in [1.82, 2.24) is 0 Å². The molecule has 1 amide bonds. The second-order valence-electron chi connectivity index (χ2n) is 4.90. The number of anilines is 1. The van der Waals surface area contributed by atoms with Gasteiger partial charge in [-0.2, -0.15) is 0 Å². The molecule has 2 rings (SSSR count). The average Bonchev–Trinajstić information content (AvgIpc) is 2.49. The summed E-state index contributed by atoms with van der Waals surface area (Å²) in [6, 6.07) is 13.7. The highest BCUT2D eigenvalue weighted by molar-refractivity contribution is 6.31. The number of hydrogen-bond donors (Lipinski definition) is 1. The predicted molar refractivity (Wildman–Crippen MR) is 90.8 cm³/mol. The minimum atomic E-state index is -0.927. The summed E-state index contributed by atoms with van der Waals surface area (Å²) < 4.78 is 5.13. The number of rotatable bonds is 5. The number of carbonyl (C=O) groups excluding carboxylic acids is 2. The number of amides is 1. The molecule has 6 heteroatoms. The van der Waals surface area contributed by atoms with Crippen molar-refractivity contribution >= 4 is 40.8 Å². The average molecular weight is 352 g/mol. The number of hydrogen-bond acceptors (Lipinski definition) is 3. The van der Waals surface area contributed by atoms with Gasteiger partial charge in [0.25, 0.3) is 5.91 Å². The topological polar surface area (TPSA) is 55.4 Å². The summed E-state index contributed by atoms with van der Waals surface area (Å²) in [4.78, 5) is 23.9. The minimum Gasteiger partial charge on any atom is -0.452 e. The van der Waals surface area contributed by atoms with E-state index in [1.807, 2.05) is 0 Å². The van der Waals surface area contributed by atoms with E-state index in [1.54, 1.807) is 48.5 Å². The Morgan fingerprint density at radius 3 is 2.57 bits per heavy atom. The van der Waals surface area contributed by atoms with Crippen molar-refractivity contribution in [3.63, 3.8) is 0 Å². The number of nitrogens with one attached hydrogen (secondary N) is 1. The first-order chi connectivity index (χ1) is 11.0. The lowest BCUT2D eigenvalue weighted by molar-refractivity contribution is -0.152. The maximum absolute atomic E-state index is 12.0. The van der Waals surface area contributed by atoms with Gasteiger partial charge >= 0.3 is 5.97 Å². The molecule has 0 heterocycles. The fourth-order valence-corrected chi connectivity index (χ4v) is 2.29. The molecule has 0 spiro atoms. The Labute approximate surface area is 144 Å². The van der Waals surface area contributed by atoms with Gasteiger partial charge in [0.2, 0.25) is 0 Å². The van der Waals surface area contributed by atoms with E-state index in [0.29, 0.717) is 21.3 Å². The zero-order valence-corrected chi connectivity index (χ0v) is 13.9. The summed E-state index contributed by atoms with van der Waals surface area (Å²) in [5, 5.41) is 3.63. The minimum absolute atomic E-state index is 0.00839. The standard InChI is InChI=1S/C17H15Cl2NO3/c1-11(17(22)20-14-7-4-6-13(18)10-14)23-16(21)9-12-5-2-3-8-15(12)19/h2-8,10-11H,9H2,1H3,(H,20,22)/t11-/m1/s1. The van der Waals surface area contributed by atoms with Crippen LogP contribution in [0.1, 0.15) is 12.5 Å². The monoisotopic (exact) mass is 351 g/mol. The van der Waals surface area contributed by atoms with Crippen molar-refractivity contribution in [3.8, 4) is 0 Å². The molecule has 0 radical (unpaired) electrons. The van der Waals surface area contributed by atoms with E-state index >= 15 is 0 Å². The summed E-state index contributed by atoms with van der Waals surface area (Å²) in [5.74, 6) is -0.952. The van der Waals surface area contributed by atoms with Crippen molar-refractivity contribution in [1.29, 1.82) is 0 Å². The Balaban J connectivity index is 1.90. The highest BCUT2D eigenvalue weighted by Gasteiger charge is 2.18. The summed E-state index contributed by atoms with van der Waals surface area (Å²) >= 11 is 11.8. The Bertz CT molecular complexity index is 718. The van der Waals surface area contributed by atoms with Crippen LogP contribution in [0.2, 0.25) is 10.0 Å². The first-order valence-corrected chi connectivity index (χ1v) is 7.70. The maximum atomic E-state index is 12.0. The lowest BCUT2D eigenvalue weighted by atomic mass is 10.1. The first kappa shape index (κ1) is 17.3. The van der Waals surface area contributed by atoms with Gasteiger partial charge in [-0.15, -0.1) is 0 Å². The number of esters is 1. The van der Waals surface area contributed by atoms with E-state index in [0.717, 1.165) is 0 Å². The molecule has 0 bridgehead atoms. The van der Waals surface area contributed by atoms with Crippen LogP contribution >= 0.6 is 23.2 Å². The Hall–Kier alpha value is -2.04. The van der Waals surface area contributed by atoms with Crippen LogP contribution in [0, 0.1) is 0 Å². The molecule has 0 aliphatic heterocycles. The quantitative estimate of drug-likeness (QED) is 0.824. The van der Waals surface area contributed by atoms with Gasteiger partial charge in [-0.1, -0.05) is 47.5 Å². The molecule has 2 aromatic carbocycles. The molecule has 0 saturated heterocycles. The van der Waals surface area contributed by atoms with Crippen LogP contribution in [0.4, 0.5) is 5.69 Å². The first-order valence-electron chi connectivity index (χ1n) is 6.95. The Morgan fingerprint density at radius 2 is 1.87 bits per heavy atom. The van der Waals surface area contributed by atoms with Crippen molar-refractivity contribution in [2.24, 2.45) is 0 Å². The van der Waals surface area contributed by atoms with Gasteiger partial charge in [0, 0.05) is 15.7 Å². The number of benzene rings is 2. The summed E-state index contributed by atoms with van der Waals surface area (Å²) in [6.45, 7) is 1.50. The lowest BCUT2D eigenvalue weighted by Gasteiger charge is -2.14. The molecule has 1 N–H and O–H groups in total. The van der Waals surface area contributed by atoms with Crippen LogP contribution < -0.4 is 5.32 Å². The Kier molecular flexibility index (Phi) is 6.02. The van der Waals surface area contributed by atoms with E-state index in [9.17, 15) is 9.59 Å². The van der Waals surface area contributed by atoms with E-state index in [-0.39, 0.29) is 6.42 Å². The fraction of sp³-hybridized carbons (Fsp3) is 0.176. The number of halogens is 2. The van der Waals surface area contributed by atoms with Crippen molar-refractivity contribution in [2.45, 2.75) is 19.4 Å². The van der Waals surface area contributed by atoms with Crippen molar-refractivity contribution in [3.05, 3.63) is 64.1 Å². The highest BCUT2D eigenvalue weighted by Crippen LogP contribution is 2.17. The lowest BCUT2D eigenvalue weighted by Crippen LogP contribution is -2.30. The van der Waals surface area contributed by atoms with E-state index in [4.69, 9.17) is 27.9 Å². The molecule has 0 unspecified atom stereocenters. The van der Waals surface area contributed by atoms with Crippen LogP contribution in [0.25, 0.3) is 0 Å². The molecule has 0 aliphatic rings. The van der Waals surface area contributed by atoms with Gasteiger partial charge in [-0.3, -0.25) is 9.59 Å². The largest absolute Gasteiger partial charge is 0.452 e. The molecular formula is C17H15Cl2NO3. The van der Waals surface area contributed by atoms with Crippen molar-refractivity contribution < 1.29 is 14.3 Å². The summed E-state index contributed by atoms with van der Waals surface area (Å²) in [6.07, 6.45) is -0.918. The molecule has 23 heavy (non-hydrogen) atoms. The third-order valence-corrected chi connectivity index (χ3v) is 3.67. The molecule has 120 valence electrons. The van der Waals surface area contributed by atoms with Gasteiger partial charge < -0.3 is 10.1 Å². The molecule has 0 saturated carbocycles. The Morgan fingerprint density at radius 1 is 1.13 bits per heavy atom. The molecule has 1 atom stereocenters. The van der Waals surface area contributed by atoms with E-state index in [2.05, 4.69) is 5.32 Å². The molecule has 4 nitrogen and oxygen atoms in total. The van der Waals surface area contributed by atoms with Crippen LogP contribution in [0.5, 0.6) is 0 Å². The highest BCUT2D eigenvalue weighted by atomic mass is 35.5. The molecular weight excluding hydrogens is 337 g/mol. The van der Waals surface area contributed by atoms with Crippen molar-refractivity contribution in [2.75, 3.05) is 5.32 Å². The van der Waals surface area contributed by atoms with E-state index < -0.39 is 18.0 Å². The summed E-state index contributed by atoms with van der Waals surface area (Å²) in [5.41, 5.74) is 1.19. The number of ether oxygens (including phenoxy) is 1. The fourth-order valence-electron chi connectivity index (χ4n) is 1.90. The van der Waals surface area contributed by atoms with Crippen LogP contribution in [0.3, 0.4) is 0 Å².